The van der Waals surface area contributed by atoms with Crippen LogP contribution in [0.1, 0.15) is 35.3 Å². The SMILES string of the molecule is Cc1cc(Oc2ncc(F)cc2OCC(F)F)nn2cc(C(=O)N[C@H]3CCCC(F)(F)[C@@H]3O)nc12. The number of imidazole rings is 1. The second kappa shape index (κ2) is 9.60. The number of halogens is 5. The summed E-state index contributed by atoms with van der Waals surface area (Å²) in [5.74, 6) is -5.68. The maximum absolute atomic E-state index is 13.8. The lowest BCUT2D eigenvalue weighted by Crippen LogP contribution is -2.54. The van der Waals surface area contributed by atoms with Gasteiger partial charge in [0.1, 0.15) is 24.2 Å². The molecule has 0 bridgehead atoms. The molecule has 1 amide bonds. The minimum atomic E-state index is -3.30. The molecule has 0 aromatic carbocycles. The van der Waals surface area contributed by atoms with E-state index in [0.717, 1.165) is 12.3 Å². The lowest BCUT2D eigenvalue weighted by Gasteiger charge is -2.34. The first-order valence-electron chi connectivity index (χ1n) is 10.5. The summed E-state index contributed by atoms with van der Waals surface area (Å²) in [6.07, 6.45) is -2.92. The Morgan fingerprint density at radius 3 is 2.89 bits per heavy atom. The number of ether oxygens (including phenoxy) is 2. The van der Waals surface area contributed by atoms with Gasteiger partial charge in [0.05, 0.1) is 18.4 Å². The Balaban J connectivity index is 1.55. The van der Waals surface area contributed by atoms with E-state index in [0.29, 0.717) is 5.56 Å². The zero-order chi connectivity index (χ0) is 25.3. The molecule has 1 aliphatic carbocycles. The normalized spacial score (nSPS) is 19.7. The number of rotatable bonds is 7. The van der Waals surface area contributed by atoms with E-state index in [1.807, 2.05) is 0 Å². The van der Waals surface area contributed by atoms with Crippen molar-refractivity contribution in [1.29, 1.82) is 0 Å². The fraction of sp³-hybridized carbons (Fsp3) is 0.429. The molecule has 9 nitrogen and oxygen atoms in total. The van der Waals surface area contributed by atoms with Crippen LogP contribution in [0.3, 0.4) is 0 Å². The highest BCUT2D eigenvalue weighted by atomic mass is 19.3. The maximum Gasteiger partial charge on any atom is 0.275 e. The summed E-state index contributed by atoms with van der Waals surface area (Å²) in [6.45, 7) is 0.616. The van der Waals surface area contributed by atoms with E-state index < -0.39 is 49.2 Å². The Bertz CT molecular complexity index is 1240. The molecule has 2 atom stereocenters. The van der Waals surface area contributed by atoms with Crippen LogP contribution in [-0.4, -0.2) is 61.7 Å². The van der Waals surface area contributed by atoms with Gasteiger partial charge in [-0.2, -0.15) is 0 Å². The van der Waals surface area contributed by atoms with Gasteiger partial charge in [0.2, 0.25) is 5.88 Å². The first-order valence-corrected chi connectivity index (χ1v) is 10.5. The highest BCUT2D eigenvalue weighted by Crippen LogP contribution is 2.34. The second-order valence-electron chi connectivity index (χ2n) is 8.00. The summed E-state index contributed by atoms with van der Waals surface area (Å²) in [5, 5.41) is 16.4. The zero-order valence-electron chi connectivity index (χ0n) is 18.2. The lowest BCUT2D eigenvalue weighted by molar-refractivity contribution is -0.141. The average Bonchev–Trinajstić information content (AvgIpc) is 3.22. The molecular formula is C21H20F5N5O4. The topological polar surface area (TPSA) is 111 Å². The van der Waals surface area contributed by atoms with Gasteiger partial charge in [0, 0.05) is 18.6 Å². The Hall–Kier alpha value is -3.55. The maximum atomic E-state index is 13.8. The van der Waals surface area contributed by atoms with Crippen molar-refractivity contribution in [1.82, 2.24) is 24.9 Å². The molecule has 0 unspecified atom stereocenters. The Labute approximate surface area is 194 Å². The van der Waals surface area contributed by atoms with Crippen molar-refractivity contribution in [2.45, 2.75) is 50.7 Å². The largest absolute Gasteiger partial charge is 0.482 e. The van der Waals surface area contributed by atoms with Crippen molar-refractivity contribution in [3.8, 4) is 17.5 Å². The van der Waals surface area contributed by atoms with E-state index in [9.17, 15) is 31.9 Å². The predicted molar refractivity (Wildman–Crippen MR) is 110 cm³/mol. The fourth-order valence-electron chi connectivity index (χ4n) is 3.65. The summed E-state index contributed by atoms with van der Waals surface area (Å²) in [4.78, 5) is 20.5. The third-order valence-corrected chi connectivity index (χ3v) is 5.33. The first kappa shape index (κ1) is 24.6. The zero-order valence-corrected chi connectivity index (χ0v) is 18.2. The van der Waals surface area contributed by atoms with E-state index in [2.05, 4.69) is 20.4 Å². The molecular weight excluding hydrogens is 481 g/mol. The van der Waals surface area contributed by atoms with Crippen molar-refractivity contribution in [3.05, 3.63) is 41.6 Å². The molecule has 4 rings (SSSR count). The van der Waals surface area contributed by atoms with Crippen molar-refractivity contribution in [2.24, 2.45) is 0 Å². The molecule has 1 fully saturated rings. The number of hydrogen-bond acceptors (Lipinski definition) is 7. The first-order chi connectivity index (χ1) is 16.5. The second-order valence-corrected chi connectivity index (χ2v) is 8.00. The van der Waals surface area contributed by atoms with Crippen LogP contribution in [0, 0.1) is 12.7 Å². The molecule has 3 heterocycles. The molecule has 1 saturated carbocycles. The lowest BCUT2D eigenvalue weighted by atomic mass is 9.89. The van der Waals surface area contributed by atoms with Crippen molar-refractivity contribution in [3.63, 3.8) is 0 Å². The van der Waals surface area contributed by atoms with E-state index >= 15 is 0 Å². The van der Waals surface area contributed by atoms with Gasteiger partial charge in [-0.05, 0) is 25.3 Å². The molecule has 0 radical (unpaired) electrons. The summed E-state index contributed by atoms with van der Waals surface area (Å²) in [5.41, 5.74) is 0.591. The summed E-state index contributed by atoms with van der Waals surface area (Å²) < 4.78 is 77.5. The molecule has 3 aromatic rings. The molecule has 188 valence electrons. The number of amides is 1. The van der Waals surface area contributed by atoms with Crippen molar-refractivity contribution in [2.75, 3.05) is 6.61 Å². The highest BCUT2D eigenvalue weighted by molar-refractivity contribution is 5.93. The van der Waals surface area contributed by atoms with Crippen LogP contribution in [-0.2, 0) is 0 Å². The summed E-state index contributed by atoms with van der Waals surface area (Å²) in [6, 6.07) is 1.11. The van der Waals surface area contributed by atoms with E-state index in [1.165, 1.54) is 16.8 Å². The van der Waals surface area contributed by atoms with Gasteiger partial charge in [-0.25, -0.2) is 36.4 Å². The molecule has 1 aliphatic rings. The number of alkyl halides is 4. The number of carbonyl (C=O) groups is 1. The van der Waals surface area contributed by atoms with Crippen LogP contribution < -0.4 is 14.8 Å². The smallest absolute Gasteiger partial charge is 0.275 e. The van der Waals surface area contributed by atoms with Crippen molar-refractivity contribution < 1.29 is 41.3 Å². The number of nitrogens with one attached hydrogen (secondary N) is 1. The van der Waals surface area contributed by atoms with Gasteiger partial charge in [-0.15, -0.1) is 5.10 Å². The number of aryl methyl sites for hydroxylation is 1. The van der Waals surface area contributed by atoms with Crippen molar-refractivity contribution >= 4 is 11.6 Å². The van der Waals surface area contributed by atoms with E-state index in [-0.39, 0.29) is 41.7 Å². The van der Waals surface area contributed by atoms with Crippen LogP contribution >= 0.6 is 0 Å². The standard InChI is InChI=1S/C21H20F5N5O4/c1-10-5-16(35-20-14(34-9-15(23)24)6-11(22)7-27-20)30-31-8-13(28-18(10)31)19(33)29-12-3-2-4-21(25,26)17(12)32/h5-8,12,15,17,32H,2-4,9H2,1H3,(H,29,33)/t12-,17+/m0/s1. The third-order valence-electron chi connectivity index (χ3n) is 5.33. The molecule has 14 heteroatoms. The number of aliphatic hydroxyl groups excluding tert-OH is 1. The summed E-state index contributed by atoms with van der Waals surface area (Å²) >= 11 is 0. The van der Waals surface area contributed by atoms with Gasteiger partial charge in [0.25, 0.3) is 24.1 Å². The molecule has 35 heavy (non-hydrogen) atoms. The monoisotopic (exact) mass is 501 g/mol. The van der Waals surface area contributed by atoms with Crippen LogP contribution in [0.4, 0.5) is 22.0 Å². The van der Waals surface area contributed by atoms with Crippen LogP contribution in [0.25, 0.3) is 5.65 Å². The Kier molecular flexibility index (Phi) is 6.74. The number of carbonyl (C=O) groups excluding carboxylic acids is 1. The minimum Gasteiger partial charge on any atom is -0.482 e. The van der Waals surface area contributed by atoms with Gasteiger partial charge in [0.15, 0.2) is 11.4 Å². The fourth-order valence-corrected chi connectivity index (χ4v) is 3.65. The molecule has 0 saturated heterocycles. The number of fused-ring (bicyclic) bond motifs is 1. The minimum absolute atomic E-state index is 0.0947. The van der Waals surface area contributed by atoms with Gasteiger partial charge < -0.3 is 19.9 Å². The number of aromatic nitrogens is 4. The Morgan fingerprint density at radius 1 is 1.37 bits per heavy atom. The van der Waals surface area contributed by atoms with Gasteiger partial charge in [-0.1, -0.05) is 0 Å². The molecule has 0 spiro atoms. The quantitative estimate of drug-likeness (QED) is 0.478. The predicted octanol–water partition coefficient (Wildman–Crippen LogP) is 3.29. The molecule has 3 aromatic heterocycles. The highest BCUT2D eigenvalue weighted by Gasteiger charge is 2.46. The third kappa shape index (κ3) is 5.42. The van der Waals surface area contributed by atoms with E-state index in [4.69, 9.17) is 9.47 Å². The van der Waals surface area contributed by atoms with Gasteiger partial charge in [-0.3, -0.25) is 4.79 Å². The average molecular weight is 501 g/mol. The van der Waals surface area contributed by atoms with Crippen LogP contribution in [0.5, 0.6) is 17.5 Å². The number of aliphatic hydroxyl groups is 1. The number of hydrogen-bond donors (Lipinski definition) is 2. The van der Waals surface area contributed by atoms with E-state index in [1.54, 1.807) is 6.92 Å². The molecule has 2 N–H and O–H groups in total. The van der Waals surface area contributed by atoms with Crippen LogP contribution in [0.15, 0.2) is 24.5 Å². The van der Waals surface area contributed by atoms with Crippen LogP contribution in [0.2, 0.25) is 0 Å². The Morgan fingerprint density at radius 2 is 2.14 bits per heavy atom. The van der Waals surface area contributed by atoms with Gasteiger partial charge >= 0.3 is 0 Å². The summed E-state index contributed by atoms with van der Waals surface area (Å²) in [7, 11) is 0. The molecule has 0 aliphatic heterocycles. The number of pyridine rings is 1. The number of nitrogens with zero attached hydrogens (tertiary/aromatic N) is 4.